The number of aromatic carboxylic acids is 1. The van der Waals surface area contributed by atoms with E-state index in [-0.39, 0.29) is 17.6 Å². The van der Waals surface area contributed by atoms with Gasteiger partial charge in [-0.3, -0.25) is 9.48 Å². The van der Waals surface area contributed by atoms with Crippen LogP contribution in [0.3, 0.4) is 0 Å². The molecule has 0 saturated carbocycles. The predicted molar refractivity (Wildman–Crippen MR) is 226 cm³/mol. The molecule has 12 heteroatoms. The van der Waals surface area contributed by atoms with E-state index in [9.17, 15) is 9.90 Å². The van der Waals surface area contributed by atoms with Crippen LogP contribution in [0.1, 0.15) is 74.0 Å². The first-order chi connectivity index (χ1) is 27.3. The maximum absolute atomic E-state index is 15.2. The maximum Gasteiger partial charge on any atom is 0.352 e. The molecule has 1 aliphatic rings. The molecule has 57 heavy (non-hydrogen) atoms. The number of aromatic nitrogens is 4. The van der Waals surface area contributed by atoms with Gasteiger partial charge in [-0.1, -0.05) is 59.6 Å². The Bertz CT molecular complexity index is 2710. The molecule has 0 fully saturated rings. The van der Waals surface area contributed by atoms with Crippen molar-refractivity contribution in [2.24, 2.45) is 7.05 Å². The van der Waals surface area contributed by atoms with Crippen LogP contribution < -0.4 is 14.4 Å². The summed E-state index contributed by atoms with van der Waals surface area (Å²) in [7, 11) is 1.92. The first-order valence-corrected chi connectivity index (χ1v) is 19.7. The lowest BCUT2D eigenvalue weighted by atomic mass is 9.98. The molecule has 10 nitrogen and oxygen atoms in total. The second-order valence-corrected chi connectivity index (χ2v) is 15.7. The van der Waals surface area contributed by atoms with E-state index in [1.807, 2.05) is 106 Å². The molecule has 0 unspecified atom stereocenters. The van der Waals surface area contributed by atoms with Crippen LogP contribution >= 0.6 is 23.2 Å². The number of halogens is 2. The van der Waals surface area contributed by atoms with E-state index in [1.54, 1.807) is 11.0 Å². The number of aryl methyl sites for hydroxylation is 5. The molecule has 0 saturated heterocycles. The molecule has 3 aromatic heterocycles. The molecular formula is C45H43Cl2N5O5. The van der Waals surface area contributed by atoms with Gasteiger partial charge >= 0.3 is 5.97 Å². The van der Waals surface area contributed by atoms with Crippen LogP contribution in [0.5, 0.6) is 11.5 Å². The summed E-state index contributed by atoms with van der Waals surface area (Å²) in [5, 5.41) is 17.6. The van der Waals surface area contributed by atoms with Crippen LogP contribution in [-0.4, -0.2) is 49.5 Å². The Labute approximate surface area is 340 Å². The quantitative estimate of drug-likeness (QED) is 0.126. The highest BCUT2D eigenvalue weighted by Gasteiger charge is 2.37. The number of amides is 1. The van der Waals surface area contributed by atoms with Gasteiger partial charge < -0.3 is 29.0 Å². The SMILES string of the molecule is Cc1cc(OCCCc2c3n(c4c(-c5c(C)nn(C)c5C)c(Cl)ccc24)[C@H](C)CN(c2ccc(OCc4ccccc4)c4cc(C(=O)O)[nH]c24)C3=O)cc(C)c1Cl. The number of nitrogens with one attached hydrogen (secondary N) is 1. The largest absolute Gasteiger partial charge is 0.494 e. The number of benzene rings is 4. The molecule has 0 bridgehead atoms. The fraction of sp³-hybridized carbons (Fsp3) is 0.267. The van der Waals surface area contributed by atoms with Gasteiger partial charge in [0.2, 0.25) is 0 Å². The molecule has 8 rings (SSSR count). The van der Waals surface area contributed by atoms with Gasteiger partial charge in [0.25, 0.3) is 5.91 Å². The van der Waals surface area contributed by atoms with Gasteiger partial charge in [-0.2, -0.15) is 5.10 Å². The Morgan fingerprint density at radius 2 is 1.68 bits per heavy atom. The minimum atomic E-state index is -1.11. The second kappa shape index (κ2) is 15.0. The number of carboxylic acids is 1. The topological polar surface area (TPSA) is 115 Å². The number of aromatic amines is 1. The van der Waals surface area contributed by atoms with Gasteiger partial charge in [0.05, 0.1) is 34.0 Å². The van der Waals surface area contributed by atoms with Gasteiger partial charge in [-0.25, -0.2) is 4.79 Å². The first-order valence-electron chi connectivity index (χ1n) is 19.0. The lowest BCUT2D eigenvalue weighted by Gasteiger charge is -2.34. The van der Waals surface area contributed by atoms with E-state index in [0.717, 1.165) is 66.4 Å². The highest BCUT2D eigenvalue weighted by atomic mass is 35.5. The molecule has 1 amide bonds. The summed E-state index contributed by atoms with van der Waals surface area (Å²) in [6, 6.07) is 22.6. The van der Waals surface area contributed by atoms with Crippen molar-refractivity contribution in [2.75, 3.05) is 18.1 Å². The third-order valence-electron chi connectivity index (χ3n) is 11.1. The molecule has 0 spiro atoms. The van der Waals surface area contributed by atoms with Crippen molar-refractivity contribution in [3.8, 4) is 22.6 Å². The van der Waals surface area contributed by atoms with Crippen LogP contribution in [0.15, 0.2) is 72.8 Å². The molecule has 4 heterocycles. The van der Waals surface area contributed by atoms with Crippen molar-refractivity contribution in [1.82, 2.24) is 19.3 Å². The van der Waals surface area contributed by atoms with Gasteiger partial charge in [-0.05, 0) is 106 Å². The highest BCUT2D eigenvalue weighted by molar-refractivity contribution is 6.35. The third kappa shape index (κ3) is 6.70. The number of anilines is 1. The summed E-state index contributed by atoms with van der Waals surface area (Å²) >= 11 is 13.5. The summed E-state index contributed by atoms with van der Waals surface area (Å²) in [6.45, 7) is 11.1. The number of carbonyl (C=O) groups is 2. The zero-order valence-corrected chi connectivity index (χ0v) is 34.2. The van der Waals surface area contributed by atoms with Gasteiger partial charge in [0.15, 0.2) is 0 Å². The van der Waals surface area contributed by atoms with Crippen molar-refractivity contribution in [1.29, 1.82) is 0 Å². The normalized spacial score (nSPS) is 14.1. The fourth-order valence-electron chi connectivity index (χ4n) is 8.32. The fourth-order valence-corrected chi connectivity index (χ4v) is 8.67. The zero-order valence-electron chi connectivity index (χ0n) is 32.7. The average molecular weight is 805 g/mol. The maximum atomic E-state index is 15.2. The van der Waals surface area contributed by atoms with Crippen molar-refractivity contribution in [3.63, 3.8) is 0 Å². The molecule has 0 aliphatic carbocycles. The van der Waals surface area contributed by atoms with Gasteiger partial charge in [0.1, 0.15) is 29.5 Å². The molecular weight excluding hydrogens is 761 g/mol. The molecule has 0 radical (unpaired) electrons. The second-order valence-electron chi connectivity index (χ2n) is 14.9. The smallest absolute Gasteiger partial charge is 0.352 e. The zero-order chi connectivity index (χ0) is 40.3. The lowest BCUT2D eigenvalue weighted by molar-refractivity contribution is 0.0691. The standard InChI is InChI=1S/C45H43Cl2N5O5/c1-24-19-30(20-25(2)40(24)47)56-18-10-13-31-32-14-15-34(46)39(38-27(4)49-50(6)28(38)5)42(32)52-26(3)22-51(44(53)43(31)52)36-16-17-37(57-23-29-11-8-7-9-12-29)33-21-35(45(54)55)48-41(33)36/h7-9,11-12,14-17,19-21,26,48H,10,13,18,22-23H2,1-6H3,(H,54,55)/t26-/m1/s1. The summed E-state index contributed by atoms with van der Waals surface area (Å²) in [5.74, 6) is -0.0428. The number of H-pyrrole nitrogens is 1. The Hall–Kier alpha value is -5.71. The molecule has 2 N–H and O–H groups in total. The van der Waals surface area contributed by atoms with Crippen LogP contribution in [0.2, 0.25) is 10.0 Å². The van der Waals surface area contributed by atoms with E-state index >= 15 is 4.79 Å². The number of rotatable bonds is 11. The average Bonchev–Trinajstić information content (AvgIpc) is 3.85. The Morgan fingerprint density at radius 1 is 0.947 bits per heavy atom. The summed E-state index contributed by atoms with van der Waals surface area (Å²) in [6.07, 6.45) is 1.18. The number of carboxylic acid groups (broad SMARTS) is 1. The van der Waals surface area contributed by atoms with E-state index in [0.29, 0.717) is 65.7 Å². The molecule has 7 aromatic rings. The van der Waals surface area contributed by atoms with Crippen molar-refractivity contribution in [2.45, 2.75) is 60.1 Å². The van der Waals surface area contributed by atoms with Crippen LogP contribution in [0, 0.1) is 27.7 Å². The van der Waals surface area contributed by atoms with E-state index in [1.165, 1.54) is 0 Å². The van der Waals surface area contributed by atoms with Crippen LogP contribution in [0.25, 0.3) is 32.9 Å². The number of fused-ring (bicyclic) bond motifs is 4. The first kappa shape index (κ1) is 38.2. The Balaban J connectivity index is 1.24. The summed E-state index contributed by atoms with van der Waals surface area (Å²) in [4.78, 5) is 32.3. The van der Waals surface area contributed by atoms with Crippen molar-refractivity contribution >= 4 is 62.6 Å². The van der Waals surface area contributed by atoms with Crippen LogP contribution in [0.4, 0.5) is 5.69 Å². The minimum Gasteiger partial charge on any atom is -0.494 e. The van der Waals surface area contributed by atoms with Crippen molar-refractivity contribution in [3.05, 3.63) is 128 Å². The van der Waals surface area contributed by atoms with Gasteiger partial charge in [-0.15, -0.1) is 0 Å². The van der Waals surface area contributed by atoms with E-state index in [4.69, 9.17) is 37.8 Å². The van der Waals surface area contributed by atoms with Crippen molar-refractivity contribution < 1.29 is 24.2 Å². The van der Waals surface area contributed by atoms with Crippen LogP contribution in [-0.2, 0) is 20.1 Å². The number of hydrogen-bond donors (Lipinski definition) is 2. The Morgan fingerprint density at radius 3 is 2.37 bits per heavy atom. The number of nitrogens with zero attached hydrogens (tertiary/aromatic N) is 4. The molecule has 1 atom stereocenters. The highest BCUT2D eigenvalue weighted by Crippen LogP contribution is 2.46. The summed E-state index contributed by atoms with van der Waals surface area (Å²) < 4.78 is 16.5. The number of ether oxygens (including phenoxy) is 2. The van der Waals surface area contributed by atoms with E-state index < -0.39 is 5.97 Å². The molecule has 4 aromatic carbocycles. The molecule has 1 aliphatic heterocycles. The minimum absolute atomic E-state index is 0.00175. The Kier molecular flexibility index (Phi) is 10.0. The lowest BCUT2D eigenvalue weighted by Crippen LogP contribution is -2.42. The third-order valence-corrected chi connectivity index (χ3v) is 12.0. The number of hydrogen-bond acceptors (Lipinski definition) is 5. The van der Waals surface area contributed by atoms with E-state index in [2.05, 4.69) is 16.5 Å². The number of carbonyl (C=O) groups excluding carboxylic acids is 1. The van der Waals surface area contributed by atoms with Gasteiger partial charge in [0, 0.05) is 52.3 Å². The summed E-state index contributed by atoms with van der Waals surface area (Å²) in [5.41, 5.74) is 9.91. The predicted octanol–water partition coefficient (Wildman–Crippen LogP) is 10.6. The monoisotopic (exact) mass is 803 g/mol. The molecule has 292 valence electrons.